The van der Waals surface area contributed by atoms with Crippen molar-refractivity contribution in [1.29, 1.82) is 0 Å². The minimum Gasteiger partial charge on any atom is -0.308 e. The maximum atomic E-state index is 2.54. The number of fused-ring (bicyclic) bond motifs is 7. The van der Waals surface area contributed by atoms with E-state index in [1.165, 1.54) is 92.5 Å². The summed E-state index contributed by atoms with van der Waals surface area (Å²) in [4.78, 5) is 2.54. The zero-order chi connectivity index (χ0) is 36.9. The third-order valence-corrected chi connectivity index (χ3v) is 12.7. The third-order valence-electron chi connectivity index (χ3n) is 11.5. The van der Waals surface area contributed by atoms with Crippen LogP contribution in [0.4, 0.5) is 17.1 Å². The van der Waals surface area contributed by atoms with Crippen molar-refractivity contribution in [2.75, 3.05) is 4.90 Å². The van der Waals surface area contributed by atoms with Crippen molar-refractivity contribution >= 4 is 59.3 Å². The number of hydrogen-bond donors (Lipinski definition) is 0. The van der Waals surface area contributed by atoms with Gasteiger partial charge in [-0.15, -0.1) is 11.3 Å². The van der Waals surface area contributed by atoms with Crippen molar-refractivity contribution < 1.29 is 0 Å². The molecule has 0 amide bonds. The van der Waals surface area contributed by atoms with Crippen molar-refractivity contribution in [2.24, 2.45) is 0 Å². The Morgan fingerprint density at radius 3 is 1.89 bits per heavy atom. The molecule has 53 heavy (non-hydrogen) atoms. The first-order chi connectivity index (χ1) is 25.3. The van der Waals surface area contributed by atoms with Gasteiger partial charge in [-0.25, -0.2) is 0 Å². The fourth-order valence-electron chi connectivity index (χ4n) is 8.74. The molecule has 0 aliphatic heterocycles. The Bertz CT molecular complexity index is 2720. The minimum absolute atomic E-state index is 0.0402. The SMILES string of the molecule is CC(C)(C)c1cc(C(C)(C)C)c2c(c1)C(C)(C)c1cccc(-c3ccccc3N(c3cccc4ccccc34)c3cccc4c3sc3ccccc34)c1-2. The Labute approximate surface area is 318 Å². The van der Waals surface area contributed by atoms with E-state index in [-0.39, 0.29) is 16.2 Å². The zero-order valence-electron chi connectivity index (χ0n) is 32.1. The van der Waals surface area contributed by atoms with E-state index in [2.05, 4.69) is 200 Å². The van der Waals surface area contributed by atoms with Crippen LogP contribution in [0, 0.1) is 0 Å². The Morgan fingerprint density at radius 2 is 1.09 bits per heavy atom. The second-order valence-electron chi connectivity index (χ2n) is 17.4. The molecule has 1 heterocycles. The van der Waals surface area contributed by atoms with Gasteiger partial charge in [-0.05, 0) is 79.4 Å². The first-order valence-corrected chi connectivity index (χ1v) is 19.8. The largest absolute Gasteiger partial charge is 0.308 e. The van der Waals surface area contributed by atoms with E-state index in [0.29, 0.717) is 0 Å². The molecule has 0 fully saturated rings. The first kappa shape index (κ1) is 33.6. The smallest absolute Gasteiger partial charge is 0.0640 e. The van der Waals surface area contributed by atoms with Crippen LogP contribution in [-0.2, 0) is 16.2 Å². The van der Waals surface area contributed by atoms with Crippen LogP contribution in [0.25, 0.3) is 53.2 Å². The summed E-state index contributed by atoms with van der Waals surface area (Å²) in [5, 5.41) is 5.07. The maximum absolute atomic E-state index is 2.54. The van der Waals surface area contributed by atoms with Gasteiger partial charge in [0.25, 0.3) is 0 Å². The molecule has 262 valence electrons. The van der Waals surface area contributed by atoms with Crippen molar-refractivity contribution in [2.45, 2.75) is 71.6 Å². The Balaban J connectivity index is 1.37. The van der Waals surface area contributed by atoms with Gasteiger partial charge in [-0.2, -0.15) is 0 Å². The maximum Gasteiger partial charge on any atom is 0.0640 e. The summed E-state index contributed by atoms with van der Waals surface area (Å²) in [6.45, 7) is 19.0. The predicted molar refractivity (Wildman–Crippen MR) is 232 cm³/mol. The molecule has 0 unspecified atom stereocenters. The van der Waals surface area contributed by atoms with Gasteiger partial charge in [0.05, 0.1) is 21.8 Å². The van der Waals surface area contributed by atoms with E-state index in [1.54, 1.807) is 0 Å². The lowest BCUT2D eigenvalue weighted by atomic mass is 9.74. The molecular weight excluding hydrogens is 659 g/mol. The molecule has 8 aromatic rings. The molecule has 9 rings (SSSR count). The molecular formula is C51H47NS. The predicted octanol–water partition coefficient (Wildman–Crippen LogP) is 15.2. The summed E-state index contributed by atoms with van der Waals surface area (Å²) >= 11 is 1.89. The fraction of sp³-hybridized carbons (Fsp3) is 0.216. The van der Waals surface area contributed by atoms with Gasteiger partial charge >= 0.3 is 0 Å². The monoisotopic (exact) mass is 705 g/mol. The van der Waals surface area contributed by atoms with Crippen LogP contribution in [0.5, 0.6) is 0 Å². The number of thiophene rings is 1. The molecule has 1 aliphatic carbocycles. The summed E-state index contributed by atoms with van der Waals surface area (Å²) in [6.07, 6.45) is 0. The highest BCUT2D eigenvalue weighted by molar-refractivity contribution is 7.26. The van der Waals surface area contributed by atoms with Gasteiger partial charge < -0.3 is 4.90 Å². The number of nitrogens with zero attached hydrogens (tertiary/aromatic N) is 1. The second kappa shape index (κ2) is 11.9. The van der Waals surface area contributed by atoms with Gasteiger partial charge in [0.1, 0.15) is 0 Å². The van der Waals surface area contributed by atoms with E-state index in [9.17, 15) is 0 Å². The van der Waals surface area contributed by atoms with Crippen LogP contribution >= 0.6 is 11.3 Å². The highest BCUT2D eigenvalue weighted by atomic mass is 32.1. The van der Waals surface area contributed by atoms with E-state index in [0.717, 1.165) is 0 Å². The zero-order valence-corrected chi connectivity index (χ0v) is 33.0. The van der Waals surface area contributed by atoms with E-state index >= 15 is 0 Å². The van der Waals surface area contributed by atoms with Gasteiger partial charge in [-0.3, -0.25) is 0 Å². The summed E-state index contributed by atoms with van der Waals surface area (Å²) in [5.41, 5.74) is 14.4. The number of benzene rings is 7. The number of hydrogen-bond acceptors (Lipinski definition) is 2. The Morgan fingerprint density at radius 1 is 0.491 bits per heavy atom. The summed E-state index contributed by atoms with van der Waals surface area (Å²) < 4.78 is 2.61. The number of para-hydroxylation sites is 1. The van der Waals surface area contributed by atoms with Gasteiger partial charge in [-0.1, -0.05) is 171 Å². The van der Waals surface area contributed by atoms with Crippen molar-refractivity contribution in [3.8, 4) is 22.3 Å². The molecule has 0 spiro atoms. The van der Waals surface area contributed by atoms with Crippen LogP contribution in [0.1, 0.15) is 77.6 Å². The molecule has 0 radical (unpaired) electrons. The molecule has 0 saturated heterocycles. The Hall–Kier alpha value is -5.18. The van der Waals surface area contributed by atoms with Crippen LogP contribution in [0.2, 0.25) is 0 Å². The lowest BCUT2D eigenvalue weighted by molar-refractivity contribution is 0.564. The highest BCUT2D eigenvalue weighted by Crippen LogP contribution is 2.57. The van der Waals surface area contributed by atoms with Crippen LogP contribution in [0.3, 0.4) is 0 Å². The van der Waals surface area contributed by atoms with E-state index in [1.807, 2.05) is 11.3 Å². The molecule has 7 aromatic carbocycles. The topological polar surface area (TPSA) is 3.24 Å². The van der Waals surface area contributed by atoms with Gasteiger partial charge in [0.2, 0.25) is 0 Å². The standard InChI is InChI=1S/C51H47NS/c1-49(2,3)33-30-40(50(4,5)6)47-41(31-33)51(7,8)39-25-16-23-37(46(39)47)35-21-11-13-26-43(35)52(42-27-15-19-32-18-9-10-20-34(32)42)44-28-17-24-38-36-22-12-14-29-45(36)53-48(38)44/h9-31H,1-8H3. The first-order valence-electron chi connectivity index (χ1n) is 18.9. The normalized spacial score (nSPS) is 13.8. The summed E-state index contributed by atoms with van der Waals surface area (Å²) in [6, 6.07) is 52.4. The molecule has 0 saturated carbocycles. The fourth-order valence-corrected chi connectivity index (χ4v) is 9.94. The van der Waals surface area contributed by atoms with Crippen LogP contribution in [-0.4, -0.2) is 0 Å². The number of anilines is 3. The Kier molecular flexibility index (Phi) is 7.56. The van der Waals surface area contributed by atoms with Crippen LogP contribution in [0.15, 0.2) is 140 Å². The lowest BCUT2D eigenvalue weighted by Gasteiger charge is -2.31. The van der Waals surface area contributed by atoms with Crippen molar-refractivity contribution in [3.05, 3.63) is 162 Å². The van der Waals surface area contributed by atoms with E-state index in [4.69, 9.17) is 0 Å². The minimum atomic E-state index is -0.144. The van der Waals surface area contributed by atoms with Crippen molar-refractivity contribution in [3.63, 3.8) is 0 Å². The molecule has 2 heteroatoms. The molecule has 1 aromatic heterocycles. The molecule has 1 aliphatic rings. The van der Waals surface area contributed by atoms with Crippen molar-refractivity contribution in [1.82, 2.24) is 0 Å². The highest BCUT2D eigenvalue weighted by Gasteiger charge is 2.41. The second-order valence-corrected chi connectivity index (χ2v) is 18.5. The quantitative estimate of drug-likeness (QED) is 0.176. The summed E-state index contributed by atoms with van der Waals surface area (Å²) in [5.74, 6) is 0. The van der Waals surface area contributed by atoms with Gasteiger partial charge in [0, 0.05) is 31.8 Å². The van der Waals surface area contributed by atoms with E-state index < -0.39 is 0 Å². The van der Waals surface area contributed by atoms with Crippen LogP contribution < -0.4 is 4.90 Å². The average Bonchev–Trinajstić information content (AvgIpc) is 3.64. The summed E-state index contributed by atoms with van der Waals surface area (Å²) in [7, 11) is 0. The molecule has 0 atom stereocenters. The molecule has 0 bridgehead atoms. The van der Waals surface area contributed by atoms with Gasteiger partial charge in [0.15, 0.2) is 0 Å². The average molecular weight is 706 g/mol. The number of rotatable bonds is 4. The molecule has 0 N–H and O–H groups in total. The lowest BCUT2D eigenvalue weighted by Crippen LogP contribution is -2.21. The third kappa shape index (κ3) is 5.25. The molecule has 1 nitrogen and oxygen atoms in total.